The first-order valence-electron chi connectivity index (χ1n) is 9.63. The van der Waals surface area contributed by atoms with E-state index in [0.717, 1.165) is 50.7 Å². The van der Waals surface area contributed by atoms with Gasteiger partial charge in [0.1, 0.15) is 5.75 Å². The van der Waals surface area contributed by atoms with E-state index >= 15 is 0 Å². The van der Waals surface area contributed by atoms with Gasteiger partial charge in [-0.15, -0.1) is 0 Å². The van der Waals surface area contributed by atoms with Crippen LogP contribution in [0.4, 0.5) is 0 Å². The first-order chi connectivity index (χ1) is 13.3. The van der Waals surface area contributed by atoms with Crippen molar-refractivity contribution in [1.29, 1.82) is 0 Å². The maximum Gasteiger partial charge on any atom is 0.191 e. The smallest absolute Gasteiger partial charge is 0.191 e. The van der Waals surface area contributed by atoms with Crippen LogP contribution in [0.3, 0.4) is 0 Å². The van der Waals surface area contributed by atoms with Gasteiger partial charge in [0.25, 0.3) is 0 Å². The van der Waals surface area contributed by atoms with Crippen LogP contribution in [0, 0.1) is 0 Å². The molecule has 2 N–H and O–H groups in total. The summed E-state index contributed by atoms with van der Waals surface area (Å²) in [6.07, 6.45) is 2.27. The third-order valence-electron chi connectivity index (χ3n) is 5.02. The fourth-order valence-corrected chi connectivity index (χ4v) is 3.39. The molecule has 1 fully saturated rings. The topological polar surface area (TPSA) is 48.9 Å². The number of methoxy groups -OCH3 is 1. The number of nitrogens with one attached hydrogen (secondary N) is 2. The molecule has 1 aliphatic rings. The summed E-state index contributed by atoms with van der Waals surface area (Å²) in [5.74, 6) is 1.75. The van der Waals surface area contributed by atoms with E-state index in [0.29, 0.717) is 6.04 Å². The lowest BCUT2D eigenvalue weighted by molar-refractivity contribution is 0.198. The van der Waals surface area contributed by atoms with E-state index < -0.39 is 0 Å². The lowest BCUT2D eigenvalue weighted by Gasteiger charge is -2.33. The van der Waals surface area contributed by atoms with Crippen molar-refractivity contribution in [1.82, 2.24) is 15.5 Å². The standard InChI is InChI=1S/C22H30N4O/c1-23-22(24-16-18-8-10-21(27-2)11-9-18)25-20-12-14-26(15-13-20)17-19-6-4-3-5-7-19/h3-11,20H,12-17H2,1-2H3,(H2,23,24,25). The van der Waals surface area contributed by atoms with Gasteiger partial charge in [-0.25, -0.2) is 0 Å². The number of piperidine rings is 1. The average molecular weight is 367 g/mol. The highest BCUT2D eigenvalue weighted by Gasteiger charge is 2.19. The van der Waals surface area contributed by atoms with Gasteiger partial charge in [0.15, 0.2) is 5.96 Å². The Morgan fingerprint density at radius 2 is 1.74 bits per heavy atom. The number of nitrogens with zero attached hydrogens (tertiary/aromatic N) is 2. The number of hydrogen-bond acceptors (Lipinski definition) is 3. The molecule has 1 aliphatic heterocycles. The molecule has 0 atom stereocenters. The molecule has 0 aliphatic carbocycles. The number of ether oxygens (including phenoxy) is 1. The Kier molecular flexibility index (Phi) is 7.11. The van der Waals surface area contributed by atoms with Gasteiger partial charge in [-0.05, 0) is 36.1 Å². The zero-order chi connectivity index (χ0) is 18.9. The maximum absolute atomic E-state index is 5.20. The van der Waals surface area contributed by atoms with E-state index in [1.165, 1.54) is 11.1 Å². The van der Waals surface area contributed by atoms with Crippen LogP contribution in [-0.2, 0) is 13.1 Å². The molecular formula is C22H30N4O. The van der Waals surface area contributed by atoms with Gasteiger partial charge in [0.05, 0.1) is 7.11 Å². The monoisotopic (exact) mass is 366 g/mol. The van der Waals surface area contributed by atoms with Crippen LogP contribution in [0.2, 0.25) is 0 Å². The largest absolute Gasteiger partial charge is 0.497 e. The number of hydrogen-bond donors (Lipinski definition) is 2. The first kappa shape index (κ1) is 19.2. The third kappa shape index (κ3) is 6.00. The second kappa shape index (κ2) is 9.97. The van der Waals surface area contributed by atoms with Crippen molar-refractivity contribution in [3.05, 3.63) is 65.7 Å². The van der Waals surface area contributed by atoms with Crippen molar-refractivity contribution in [3.63, 3.8) is 0 Å². The molecule has 27 heavy (non-hydrogen) atoms. The normalized spacial score (nSPS) is 16.1. The molecule has 1 heterocycles. The Morgan fingerprint density at radius 1 is 1.04 bits per heavy atom. The van der Waals surface area contributed by atoms with Crippen LogP contribution in [0.1, 0.15) is 24.0 Å². The van der Waals surface area contributed by atoms with Crippen LogP contribution in [0.5, 0.6) is 5.75 Å². The average Bonchev–Trinajstić information content (AvgIpc) is 2.73. The van der Waals surface area contributed by atoms with Crippen molar-refractivity contribution in [2.75, 3.05) is 27.2 Å². The second-order valence-electron chi connectivity index (χ2n) is 6.95. The van der Waals surface area contributed by atoms with Crippen LogP contribution < -0.4 is 15.4 Å². The Labute approximate surface area is 162 Å². The predicted octanol–water partition coefficient (Wildman–Crippen LogP) is 3.02. The summed E-state index contributed by atoms with van der Waals surface area (Å²) in [5.41, 5.74) is 2.59. The van der Waals surface area contributed by atoms with E-state index in [1.807, 2.05) is 19.2 Å². The summed E-state index contributed by atoms with van der Waals surface area (Å²) in [5, 5.41) is 6.98. The number of benzene rings is 2. The van der Waals surface area contributed by atoms with Crippen LogP contribution in [0.25, 0.3) is 0 Å². The van der Waals surface area contributed by atoms with Crippen LogP contribution in [0.15, 0.2) is 59.6 Å². The number of rotatable bonds is 6. The van der Waals surface area contributed by atoms with Crippen molar-refractivity contribution in [3.8, 4) is 5.75 Å². The minimum Gasteiger partial charge on any atom is -0.497 e. The Morgan fingerprint density at radius 3 is 2.37 bits per heavy atom. The maximum atomic E-state index is 5.20. The minimum atomic E-state index is 0.471. The van der Waals surface area contributed by atoms with Crippen LogP contribution in [-0.4, -0.2) is 44.1 Å². The predicted molar refractivity (Wildman–Crippen MR) is 111 cm³/mol. The van der Waals surface area contributed by atoms with Crippen molar-refractivity contribution in [2.45, 2.75) is 32.0 Å². The minimum absolute atomic E-state index is 0.471. The summed E-state index contributed by atoms with van der Waals surface area (Å²) in [7, 11) is 3.51. The summed E-state index contributed by atoms with van der Waals surface area (Å²) in [6, 6.07) is 19.3. The molecule has 1 saturated heterocycles. The molecule has 0 bridgehead atoms. The van der Waals surface area contributed by atoms with Gasteiger partial charge in [0.2, 0.25) is 0 Å². The quantitative estimate of drug-likeness (QED) is 0.609. The summed E-state index contributed by atoms with van der Waals surface area (Å²) in [4.78, 5) is 6.90. The van der Waals surface area contributed by atoms with E-state index in [2.05, 4.69) is 63.0 Å². The van der Waals surface area contributed by atoms with Crippen molar-refractivity contribution < 1.29 is 4.74 Å². The molecule has 0 radical (unpaired) electrons. The molecule has 3 rings (SSSR count). The molecule has 0 unspecified atom stereocenters. The van der Waals surface area contributed by atoms with Gasteiger partial charge >= 0.3 is 0 Å². The third-order valence-corrected chi connectivity index (χ3v) is 5.02. The zero-order valence-electron chi connectivity index (χ0n) is 16.3. The molecule has 0 spiro atoms. The van der Waals surface area contributed by atoms with E-state index in [4.69, 9.17) is 4.74 Å². The van der Waals surface area contributed by atoms with Crippen molar-refractivity contribution in [2.24, 2.45) is 4.99 Å². The van der Waals surface area contributed by atoms with Gasteiger partial charge in [-0.2, -0.15) is 0 Å². The van der Waals surface area contributed by atoms with Gasteiger partial charge in [0, 0.05) is 39.3 Å². The summed E-state index contributed by atoms with van der Waals surface area (Å²) >= 11 is 0. The highest BCUT2D eigenvalue weighted by Crippen LogP contribution is 2.14. The van der Waals surface area contributed by atoms with E-state index in [1.54, 1.807) is 7.11 Å². The Bertz CT molecular complexity index is 707. The SMILES string of the molecule is CN=C(NCc1ccc(OC)cc1)NC1CCN(Cc2ccccc2)CC1. The van der Waals surface area contributed by atoms with Crippen molar-refractivity contribution >= 4 is 5.96 Å². The Balaban J connectivity index is 1.41. The van der Waals surface area contributed by atoms with Crippen LogP contribution >= 0.6 is 0 Å². The summed E-state index contributed by atoms with van der Waals surface area (Å²) < 4.78 is 5.20. The molecule has 2 aromatic rings. The summed E-state index contributed by atoms with van der Waals surface area (Å²) in [6.45, 7) is 4.01. The molecule has 5 heteroatoms. The lowest BCUT2D eigenvalue weighted by atomic mass is 10.0. The van der Waals surface area contributed by atoms with Gasteiger partial charge in [-0.3, -0.25) is 9.89 Å². The number of guanidine groups is 1. The fourth-order valence-electron chi connectivity index (χ4n) is 3.39. The fraction of sp³-hybridized carbons (Fsp3) is 0.409. The van der Waals surface area contributed by atoms with E-state index in [-0.39, 0.29) is 0 Å². The van der Waals surface area contributed by atoms with E-state index in [9.17, 15) is 0 Å². The molecule has 0 amide bonds. The highest BCUT2D eigenvalue weighted by atomic mass is 16.5. The Hall–Kier alpha value is -2.53. The van der Waals surface area contributed by atoms with Gasteiger partial charge < -0.3 is 15.4 Å². The molecule has 0 saturated carbocycles. The first-order valence-corrected chi connectivity index (χ1v) is 9.63. The molecule has 0 aromatic heterocycles. The number of likely N-dealkylation sites (tertiary alicyclic amines) is 1. The molecule has 5 nitrogen and oxygen atoms in total. The number of aliphatic imine (C=N–C) groups is 1. The molecular weight excluding hydrogens is 336 g/mol. The zero-order valence-corrected chi connectivity index (χ0v) is 16.3. The van der Waals surface area contributed by atoms with Gasteiger partial charge in [-0.1, -0.05) is 42.5 Å². The molecule has 2 aromatic carbocycles. The lowest BCUT2D eigenvalue weighted by Crippen LogP contribution is -2.48. The second-order valence-corrected chi connectivity index (χ2v) is 6.95. The molecule has 144 valence electrons. The highest BCUT2D eigenvalue weighted by molar-refractivity contribution is 5.79.